The first-order chi connectivity index (χ1) is 16.1. The summed E-state index contributed by atoms with van der Waals surface area (Å²) in [4.78, 5) is 8.51. The number of hydrogen-bond acceptors (Lipinski definition) is 7. The van der Waals surface area contributed by atoms with Gasteiger partial charge in [-0.05, 0) is 44.5 Å². The van der Waals surface area contributed by atoms with Crippen molar-refractivity contribution in [3.05, 3.63) is 54.2 Å². The largest absolute Gasteiger partial charge is 0.478 e. The van der Waals surface area contributed by atoms with Crippen molar-refractivity contribution in [2.75, 3.05) is 19.0 Å². The van der Waals surface area contributed by atoms with Gasteiger partial charge in [0.2, 0.25) is 5.95 Å². The van der Waals surface area contributed by atoms with Crippen LogP contribution in [-0.2, 0) is 0 Å². The molecule has 10 heteroatoms. The van der Waals surface area contributed by atoms with E-state index in [0.717, 1.165) is 31.0 Å². The van der Waals surface area contributed by atoms with E-state index < -0.39 is 5.82 Å². The minimum Gasteiger partial charge on any atom is -0.478 e. The third kappa shape index (κ3) is 3.87. The number of piperidine rings is 1. The van der Waals surface area contributed by atoms with Gasteiger partial charge in [-0.3, -0.25) is 9.25 Å². The second-order valence-electron chi connectivity index (χ2n) is 8.09. The Morgan fingerprint density at radius 1 is 1.33 bits per heavy atom. The molecule has 0 unspecified atom stereocenters. The molecule has 4 heterocycles. The number of aromatic nitrogens is 5. The fraction of sp³-hybridized carbons (Fsp3) is 0.304. The first-order valence-electron chi connectivity index (χ1n) is 10.7. The molecule has 1 fully saturated rings. The van der Waals surface area contributed by atoms with E-state index in [1.807, 2.05) is 16.9 Å². The van der Waals surface area contributed by atoms with Gasteiger partial charge in [0.25, 0.3) is 5.88 Å². The maximum Gasteiger partial charge on any atom is 0.256 e. The van der Waals surface area contributed by atoms with E-state index in [2.05, 4.69) is 38.7 Å². The van der Waals surface area contributed by atoms with E-state index in [0.29, 0.717) is 28.7 Å². The average Bonchev–Trinajstić information content (AvgIpc) is 3.44. The lowest BCUT2D eigenvalue weighted by molar-refractivity contribution is 0.287. The van der Waals surface area contributed by atoms with Crippen molar-refractivity contribution in [3.8, 4) is 17.8 Å². The van der Waals surface area contributed by atoms with Crippen LogP contribution >= 0.6 is 0 Å². The molecular formula is C23H23FN8O. The number of fused-ring (bicyclic) bond motifs is 1. The molecule has 1 aliphatic heterocycles. The summed E-state index contributed by atoms with van der Waals surface area (Å²) in [5.74, 6) is 0.129. The van der Waals surface area contributed by atoms with E-state index >= 15 is 0 Å². The molecular weight excluding hydrogens is 423 g/mol. The van der Waals surface area contributed by atoms with Crippen molar-refractivity contribution in [1.29, 1.82) is 5.26 Å². The molecule has 3 aromatic heterocycles. The number of anilines is 2. The first kappa shape index (κ1) is 20.9. The highest BCUT2D eigenvalue weighted by Gasteiger charge is 2.23. The summed E-state index contributed by atoms with van der Waals surface area (Å²) in [6, 6.07) is 9.91. The Labute approximate surface area is 189 Å². The molecule has 0 aliphatic carbocycles. The monoisotopic (exact) mass is 446 g/mol. The molecule has 1 saturated heterocycles. The molecule has 168 valence electrons. The lowest BCUT2D eigenvalue weighted by Crippen LogP contribution is -2.36. The molecule has 1 aliphatic rings. The zero-order chi connectivity index (χ0) is 22.9. The molecule has 2 atom stereocenters. The zero-order valence-corrected chi connectivity index (χ0v) is 18.3. The normalized spacial score (nSPS) is 18.2. The molecule has 0 spiro atoms. The number of rotatable bonds is 5. The Hall–Kier alpha value is -3.97. The average molecular weight is 446 g/mol. The number of nitrogens with zero attached hydrogens (tertiary/aromatic N) is 6. The van der Waals surface area contributed by atoms with Gasteiger partial charge < -0.3 is 15.4 Å². The summed E-state index contributed by atoms with van der Waals surface area (Å²) < 4.78 is 23.7. The minimum atomic E-state index is -0.577. The lowest BCUT2D eigenvalue weighted by Gasteiger charge is -2.27. The fourth-order valence-corrected chi connectivity index (χ4v) is 4.30. The minimum absolute atomic E-state index is 0.0797. The van der Waals surface area contributed by atoms with Crippen molar-refractivity contribution in [2.45, 2.75) is 31.8 Å². The molecule has 33 heavy (non-hydrogen) atoms. The predicted molar refractivity (Wildman–Crippen MR) is 121 cm³/mol. The Morgan fingerprint density at radius 2 is 2.21 bits per heavy atom. The second kappa shape index (κ2) is 8.52. The van der Waals surface area contributed by atoms with Gasteiger partial charge in [0.05, 0.1) is 42.7 Å². The van der Waals surface area contributed by atoms with Crippen molar-refractivity contribution in [3.63, 3.8) is 0 Å². The molecule has 1 aromatic carbocycles. The van der Waals surface area contributed by atoms with Crippen LogP contribution in [0.3, 0.4) is 0 Å². The van der Waals surface area contributed by atoms with Crippen LogP contribution < -0.4 is 15.4 Å². The van der Waals surface area contributed by atoms with Gasteiger partial charge in [0, 0.05) is 17.6 Å². The van der Waals surface area contributed by atoms with Crippen LogP contribution in [0, 0.1) is 17.1 Å². The van der Waals surface area contributed by atoms with Gasteiger partial charge >= 0.3 is 0 Å². The topological polar surface area (TPSA) is 106 Å². The van der Waals surface area contributed by atoms with Crippen molar-refractivity contribution < 1.29 is 9.13 Å². The van der Waals surface area contributed by atoms with E-state index in [9.17, 15) is 9.65 Å². The van der Waals surface area contributed by atoms with Gasteiger partial charge in [-0.2, -0.15) is 10.2 Å². The number of nitriles is 1. The highest BCUT2D eigenvalue weighted by atomic mass is 19.1. The van der Waals surface area contributed by atoms with Gasteiger partial charge in [0.1, 0.15) is 5.69 Å². The summed E-state index contributed by atoms with van der Waals surface area (Å²) in [5.41, 5.74) is 1.80. The van der Waals surface area contributed by atoms with Crippen LogP contribution in [0.5, 0.6) is 5.88 Å². The van der Waals surface area contributed by atoms with E-state index in [4.69, 9.17) is 4.74 Å². The molecule has 5 rings (SSSR count). The third-order valence-electron chi connectivity index (χ3n) is 5.92. The second-order valence-corrected chi connectivity index (χ2v) is 8.09. The Bertz CT molecular complexity index is 1350. The number of benzene rings is 1. The van der Waals surface area contributed by atoms with Crippen molar-refractivity contribution >= 4 is 22.5 Å². The number of ether oxygens (including phenoxy) is 1. The Balaban J connectivity index is 1.48. The lowest BCUT2D eigenvalue weighted by atomic mass is 10.0. The molecule has 9 nitrogen and oxygen atoms in total. The number of halogens is 1. The SMILES string of the molecule is COc1nn([C@@H]2CCN[C@@H](C)C2)cc1Nc1ncc(F)c(-n2ccc3c(C#N)cccc32)n1. The number of methoxy groups -OCH3 is 1. The highest BCUT2D eigenvalue weighted by molar-refractivity contribution is 5.87. The molecule has 0 radical (unpaired) electrons. The van der Waals surface area contributed by atoms with Crippen molar-refractivity contribution in [1.82, 2.24) is 29.6 Å². The molecule has 0 saturated carbocycles. The van der Waals surface area contributed by atoms with E-state index in [1.165, 1.54) is 0 Å². The zero-order valence-electron chi connectivity index (χ0n) is 18.3. The van der Waals surface area contributed by atoms with Crippen LogP contribution in [0.15, 0.2) is 42.9 Å². The molecule has 2 N–H and O–H groups in total. The first-order valence-corrected chi connectivity index (χ1v) is 10.7. The van der Waals surface area contributed by atoms with Crippen LogP contribution in [0.25, 0.3) is 16.7 Å². The smallest absolute Gasteiger partial charge is 0.256 e. The standard InChI is InChI=1S/C23H23FN8O/c1-14-10-16(6-8-26-14)32-13-19(22(30-32)33-2)28-23-27-12-18(24)21(29-23)31-9-7-17-15(11-25)4-3-5-20(17)31/h3-5,7,9,12-14,16,26H,6,8,10H2,1-2H3,(H,27,28,29)/t14-,16+/m0/s1. The fourth-order valence-electron chi connectivity index (χ4n) is 4.30. The van der Waals surface area contributed by atoms with Gasteiger partial charge in [-0.15, -0.1) is 5.10 Å². The number of nitrogens with one attached hydrogen (secondary N) is 2. The maximum atomic E-state index is 14.7. The van der Waals surface area contributed by atoms with Gasteiger partial charge in [0.15, 0.2) is 11.6 Å². The quantitative estimate of drug-likeness (QED) is 0.482. The Kier molecular flexibility index (Phi) is 5.40. The summed E-state index contributed by atoms with van der Waals surface area (Å²) >= 11 is 0. The van der Waals surface area contributed by atoms with E-state index in [-0.39, 0.29) is 17.8 Å². The third-order valence-corrected chi connectivity index (χ3v) is 5.92. The highest BCUT2D eigenvalue weighted by Crippen LogP contribution is 2.30. The maximum absolute atomic E-state index is 14.7. The molecule has 4 aromatic rings. The summed E-state index contributed by atoms with van der Waals surface area (Å²) in [7, 11) is 1.55. The van der Waals surface area contributed by atoms with Crippen LogP contribution in [0.4, 0.5) is 16.0 Å². The summed E-state index contributed by atoms with van der Waals surface area (Å²) in [5, 5.41) is 21.2. The van der Waals surface area contributed by atoms with E-state index in [1.54, 1.807) is 36.1 Å². The predicted octanol–water partition coefficient (Wildman–Crippen LogP) is 3.69. The van der Waals surface area contributed by atoms with Crippen molar-refractivity contribution in [2.24, 2.45) is 0 Å². The molecule has 0 amide bonds. The summed E-state index contributed by atoms with van der Waals surface area (Å²) in [6.07, 6.45) is 6.62. The summed E-state index contributed by atoms with van der Waals surface area (Å²) in [6.45, 7) is 3.09. The van der Waals surface area contributed by atoms with Crippen LogP contribution in [-0.4, -0.2) is 44.0 Å². The van der Waals surface area contributed by atoms with Crippen LogP contribution in [0.1, 0.15) is 31.4 Å². The van der Waals surface area contributed by atoms with Gasteiger partial charge in [-0.25, -0.2) is 9.37 Å². The molecule has 0 bridgehead atoms. The van der Waals surface area contributed by atoms with Crippen LogP contribution in [0.2, 0.25) is 0 Å². The van der Waals surface area contributed by atoms with Gasteiger partial charge in [-0.1, -0.05) is 6.07 Å². The Morgan fingerprint density at radius 3 is 3.00 bits per heavy atom. The number of hydrogen-bond donors (Lipinski definition) is 2.